The van der Waals surface area contributed by atoms with Crippen molar-refractivity contribution in [2.24, 2.45) is 0 Å². The van der Waals surface area contributed by atoms with Crippen molar-refractivity contribution >= 4 is 32.4 Å². The number of hydrogen-bond acceptors (Lipinski definition) is 2. The van der Waals surface area contributed by atoms with Crippen LogP contribution in [0.15, 0.2) is 72.8 Å². The third-order valence-corrected chi connectivity index (χ3v) is 5.53. The average molecular weight is 368 g/mol. The molecule has 0 spiro atoms. The van der Waals surface area contributed by atoms with Crippen molar-refractivity contribution < 1.29 is 9.53 Å². The minimum absolute atomic E-state index is 0.0758. The summed E-state index contributed by atoms with van der Waals surface area (Å²) in [5, 5.41) is 14.2. The van der Waals surface area contributed by atoms with Gasteiger partial charge in [-0.05, 0) is 0 Å². The van der Waals surface area contributed by atoms with Gasteiger partial charge in [-0.1, -0.05) is 0 Å². The van der Waals surface area contributed by atoms with E-state index >= 15 is 0 Å². The first-order valence-corrected chi connectivity index (χ1v) is 8.69. The van der Waals surface area contributed by atoms with Crippen LogP contribution in [-0.2, 0) is 0 Å². The molecule has 114 valence electrons. The molecule has 0 aliphatic rings. The van der Waals surface area contributed by atoms with E-state index in [1.807, 2.05) is 42.5 Å². The molecule has 0 aliphatic carbocycles. The van der Waals surface area contributed by atoms with Gasteiger partial charge in [-0.3, -0.25) is 0 Å². The molecule has 5 heteroatoms. The number of carbonyl (C=O) groups excluding carboxylic acids is 1. The molecule has 0 unspecified atom stereocenters. The van der Waals surface area contributed by atoms with E-state index in [0.29, 0.717) is 14.9 Å². The van der Waals surface area contributed by atoms with Crippen LogP contribution in [0.25, 0.3) is 10.0 Å². The number of nitrogens with one attached hydrogen (secondary N) is 1. The topological polar surface area (TPSA) is 55.2 Å². The average Bonchev–Trinajstić information content (AvgIpc) is 3.11. The van der Waals surface area contributed by atoms with Crippen molar-refractivity contribution in [1.82, 2.24) is 5.32 Å². The van der Waals surface area contributed by atoms with Crippen LogP contribution >= 0.6 is 0 Å². The Morgan fingerprint density at radius 1 is 0.957 bits per heavy atom. The first-order valence-electron chi connectivity index (χ1n) is 6.97. The Labute approximate surface area is 140 Å². The second-order valence-electron chi connectivity index (χ2n) is 4.73. The van der Waals surface area contributed by atoms with Crippen molar-refractivity contribution in [3.05, 3.63) is 82.4 Å². The standard InChI is InChI=1S/C18H13N2O2Se/c21-18(19-13-20(22)15-9-5-2-6-10-15)17-12-11-16(23-17)14-7-3-1-4-8-14/h1-12H,(H,19,21)/q-1. The van der Waals surface area contributed by atoms with E-state index in [2.05, 4.69) is 11.7 Å². The number of carbonyl (C=O) groups is 1. The second-order valence-corrected chi connectivity index (χ2v) is 7.00. The molecule has 3 rings (SSSR count). The Hall–Kier alpha value is -2.62. The van der Waals surface area contributed by atoms with Gasteiger partial charge >= 0.3 is 140 Å². The summed E-state index contributed by atoms with van der Waals surface area (Å²) in [6.45, 7) is 0. The fourth-order valence-corrected chi connectivity index (χ4v) is 3.91. The zero-order valence-electron chi connectivity index (χ0n) is 12.1. The predicted molar refractivity (Wildman–Crippen MR) is 91.0 cm³/mol. The molecule has 1 aromatic heterocycles. The summed E-state index contributed by atoms with van der Waals surface area (Å²) < 4.78 is 2.34. The first kappa shape index (κ1) is 15.3. The van der Waals surface area contributed by atoms with Gasteiger partial charge in [-0.15, -0.1) is 0 Å². The molecule has 3 aromatic rings. The summed E-state index contributed by atoms with van der Waals surface area (Å²) in [6, 6.07) is 22.3. The van der Waals surface area contributed by atoms with Gasteiger partial charge in [0, 0.05) is 0 Å². The molecule has 0 aliphatic heterocycles. The molecule has 0 bridgehead atoms. The van der Waals surface area contributed by atoms with Gasteiger partial charge < -0.3 is 0 Å². The number of benzene rings is 2. The van der Waals surface area contributed by atoms with Crippen LogP contribution in [0.1, 0.15) is 9.23 Å². The monoisotopic (exact) mass is 369 g/mol. The van der Waals surface area contributed by atoms with E-state index < -0.39 is 0 Å². The first-order chi connectivity index (χ1) is 11.2. The van der Waals surface area contributed by atoms with Crippen molar-refractivity contribution in [2.75, 3.05) is 0 Å². The Balaban J connectivity index is 1.71. The van der Waals surface area contributed by atoms with E-state index in [4.69, 9.17) is 0 Å². The number of nitrogens with zero attached hydrogens (tertiary/aromatic N) is 1. The van der Waals surface area contributed by atoms with Gasteiger partial charge in [0.1, 0.15) is 0 Å². The van der Waals surface area contributed by atoms with Crippen molar-refractivity contribution in [1.29, 1.82) is 0 Å². The van der Waals surface area contributed by atoms with Gasteiger partial charge in [0.25, 0.3) is 0 Å². The molecule has 0 atom stereocenters. The Morgan fingerprint density at radius 2 is 1.61 bits per heavy atom. The van der Waals surface area contributed by atoms with Crippen molar-refractivity contribution in [2.45, 2.75) is 0 Å². The molecule has 0 saturated heterocycles. The Bertz CT molecular complexity index is 826. The number of para-hydroxylation sites is 1. The number of rotatable bonds is 4. The van der Waals surface area contributed by atoms with Crippen LogP contribution in [0.5, 0.6) is 0 Å². The maximum absolute atomic E-state index is 12.1. The molecule has 4 nitrogen and oxygen atoms in total. The predicted octanol–water partition coefficient (Wildman–Crippen LogP) is 2.89. The summed E-state index contributed by atoms with van der Waals surface area (Å²) >= 11 is -0.0758. The van der Waals surface area contributed by atoms with Crippen LogP contribution in [0, 0.1) is 5.21 Å². The SMILES string of the molecule is O=C(N[C-]=[N+]([O-])c1ccccc1)c1ccc(-c2ccccc2)[se]1. The van der Waals surface area contributed by atoms with Crippen LogP contribution in [0.4, 0.5) is 5.69 Å². The van der Waals surface area contributed by atoms with Crippen LogP contribution in [-0.4, -0.2) is 31.5 Å². The molecule has 1 heterocycles. The Kier molecular flexibility index (Phi) is 4.71. The molecular weight excluding hydrogens is 355 g/mol. The van der Waals surface area contributed by atoms with Gasteiger partial charge in [-0.2, -0.15) is 0 Å². The van der Waals surface area contributed by atoms with E-state index in [9.17, 15) is 10.0 Å². The van der Waals surface area contributed by atoms with Crippen LogP contribution in [0.3, 0.4) is 0 Å². The van der Waals surface area contributed by atoms with E-state index in [1.54, 1.807) is 30.3 Å². The van der Waals surface area contributed by atoms with E-state index in [-0.39, 0.29) is 20.4 Å². The molecule has 23 heavy (non-hydrogen) atoms. The third kappa shape index (κ3) is 3.77. The molecule has 2 aromatic carbocycles. The van der Waals surface area contributed by atoms with E-state index in [0.717, 1.165) is 10.0 Å². The summed E-state index contributed by atoms with van der Waals surface area (Å²) in [5.74, 6) is -0.288. The molecule has 1 N–H and O–H groups in total. The zero-order valence-corrected chi connectivity index (χ0v) is 13.8. The maximum atomic E-state index is 12.1. The molecule has 0 saturated carbocycles. The van der Waals surface area contributed by atoms with Crippen LogP contribution in [0.2, 0.25) is 0 Å². The normalized spacial score (nSPS) is 11.2. The number of amides is 1. The molecule has 1 amide bonds. The summed E-state index contributed by atoms with van der Waals surface area (Å²) in [5.41, 5.74) is 1.54. The van der Waals surface area contributed by atoms with Gasteiger partial charge in [0.2, 0.25) is 0 Å². The second kappa shape index (κ2) is 7.09. The summed E-state index contributed by atoms with van der Waals surface area (Å²) in [4.78, 5) is 12.1. The van der Waals surface area contributed by atoms with Gasteiger partial charge in [0.15, 0.2) is 0 Å². The third-order valence-electron chi connectivity index (χ3n) is 3.15. The minimum atomic E-state index is -0.288. The van der Waals surface area contributed by atoms with Crippen molar-refractivity contribution in [3.8, 4) is 10.0 Å². The van der Waals surface area contributed by atoms with Gasteiger partial charge in [0.05, 0.1) is 0 Å². The quantitative estimate of drug-likeness (QED) is 0.113. The fraction of sp³-hybridized carbons (Fsp3) is 0. The van der Waals surface area contributed by atoms with Crippen molar-refractivity contribution in [3.63, 3.8) is 0 Å². The van der Waals surface area contributed by atoms with E-state index in [1.165, 1.54) is 0 Å². The summed E-state index contributed by atoms with van der Waals surface area (Å²) in [6.07, 6.45) is 2.35. The van der Waals surface area contributed by atoms with Gasteiger partial charge in [-0.25, -0.2) is 0 Å². The Morgan fingerprint density at radius 3 is 2.30 bits per heavy atom. The zero-order chi connectivity index (χ0) is 16.1. The molecule has 0 fully saturated rings. The summed E-state index contributed by atoms with van der Waals surface area (Å²) in [7, 11) is 0. The molecule has 0 radical (unpaired) electrons. The van der Waals surface area contributed by atoms with Crippen LogP contribution < -0.4 is 5.32 Å². The molecular formula is C18H13N2O2Se-. The number of hydrogen-bond donors (Lipinski definition) is 1. The fourth-order valence-electron chi connectivity index (χ4n) is 2.01.